The molecule has 0 bridgehead atoms. The fourth-order valence-corrected chi connectivity index (χ4v) is 3.48. The Labute approximate surface area is 188 Å². The van der Waals surface area contributed by atoms with Gasteiger partial charge in [-0.15, -0.1) is 11.3 Å². The number of aromatic nitrogens is 1. The molecule has 9 heteroatoms. The Morgan fingerprint density at radius 1 is 1.00 bits per heavy atom. The smallest absolute Gasteiger partial charge is 0.338 e. The molecule has 2 N–H and O–H groups in total. The van der Waals surface area contributed by atoms with E-state index in [1.165, 1.54) is 11.3 Å². The fraction of sp³-hybridized carbons (Fsp3) is 0.182. The van der Waals surface area contributed by atoms with Crippen LogP contribution in [0.4, 0.5) is 10.8 Å². The van der Waals surface area contributed by atoms with Gasteiger partial charge in [0.05, 0.1) is 17.9 Å². The molecular weight excluding hydrogens is 438 g/mol. The fourth-order valence-electron chi connectivity index (χ4n) is 2.62. The predicted molar refractivity (Wildman–Crippen MR) is 121 cm³/mol. The molecule has 0 radical (unpaired) electrons. The summed E-state index contributed by atoms with van der Waals surface area (Å²) in [5.41, 5.74) is 2.21. The summed E-state index contributed by atoms with van der Waals surface area (Å²) in [5, 5.41) is 8.34. The number of benzene rings is 2. The van der Waals surface area contributed by atoms with Crippen molar-refractivity contribution >= 4 is 51.5 Å². The minimum atomic E-state index is -0.400. The monoisotopic (exact) mass is 457 g/mol. The maximum Gasteiger partial charge on any atom is 0.338 e. The molecule has 0 aliphatic rings. The van der Waals surface area contributed by atoms with Crippen molar-refractivity contribution in [2.75, 3.05) is 17.2 Å². The zero-order valence-corrected chi connectivity index (χ0v) is 18.3. The number of esters is 1. The number of anilines is 2. The van der Waals surface area contributed by atoms with E-state index >= 15 is 0 Å². The van der Waals surface area contributed by atoms with Crippen LogP contribution < -0.4 is 10.6 Å². The van der Waals surface area contributed by atoms with E-state index in [1.54, 1.807) is 60.8 Å². The van der Waals surface area contributed by atoms with Crippen molar-refractivity contribution in [3.63, 3.8) is 0 Å². The highest BCUT2D eigenvalue weighted by molar-refractivity contribution is 7.14. The van der Waals surface area contributed by atoms with Gasteiger partial charge in [0.2, 0.25) is 5.91 Å². The largest absolute Gasteiger partial charge is 0.462 e. The Balaban J connectivity index is 1.47. The van der Waals surface area contributed by atoms with E-state index in [0.29, 0.717) is 45.7 Å². The average Bonchev–Trinajstić information content (AvgIpc) is 3.20. The molecule has 3 rings (SSSR count). The maximum absolute atomic E-state index is 12.2. The second-order valence-electron chi connectivity index (χ2n) is 6.45. The molecule has 1 aromatic heterocycles. The SMILES string of the molecule is CCOC(=O)c1ccc(NC(=O)CCc2csc(NC(=O)c3ccc(Cl)cc3)n2)cc1. The standard InChI is InChI=1S/C22H20ClN3O4S/c1-2-30-21(29)15-5-9-17(10-6-15)24-19(27)12-11-18-13-31-22(25-18)26-20(28)14-3-7-16(23)8-4-14/h3-10,13H,2,11-12H2,1H3,(H,24,27)(H,25,26,28). The summed E-state index contributed by atoms with van der Waals surface area (Å²) in [7, 11) is 0. The molecule has 0 saturated heterocycles. The van der Waals surface area contributed by atoms with E-state index in [1.807, 2.05) is 0 Å². The highest BCUT2D eigenvalue weighted by Crippen LogP contribution is 2.19. The summed E-state index contributed by atoms with van der Waals surface area (Å²) < 4.78 is 4.93. The van der Waals surface area contributed by atoms with Gasteiger partial charge in [-0.25, -0.2) is 9.78 Å². The van der Waals surface area contributed by atoms with Crippen LogP contribution in [-0.2, 0) is 16.0 Å². The first-order chi connectivity index (χ1) is 14.9. The molecule has 0 unspecified atom stereocenters. The second-order valence-corrected chi connectivity index (χ2v) is 7.75. The highest BCUT2D eigenvalue weighted by Gasteiger charge is 2.11. The molecular formula is C22H20ClN3O4S. The molecule has 0 saturated carbocycles. The molecule has 0 fully saturated rings. The Bertz CT molecular complexity index is 1070. The van der Waals surface area contributed by atoms with Gasteiger partial charge >= 0.3 is 5.97 Å². The van der Waals surface area contributed by atoms with Gasteiger partial charge in [0.25, 0.3) is 5.91 Å². The number of halogens is 1. The van der Waals surface area contributed by atoms with Crippen molar-refractivity contribution < 1.29 is 19.1 Å². The van der Waals surface area contributed by atoms with Crippen molar-refractivity contribution in [1.82, 2.24) is 4.98 Å². The number of hydrogen-bond acceptors (Lipinski definition) is 6. The van der Waals surface area contributed by atoms with E-state index < -0.39 is 5.97 Å². The molecule has 0 aliphatic heterocycles. The Morgan fingerprint density at radius 3 is 2.35 bits per heavy atom. The lowest BCUT2D eigenvalue weighted by atomic mass is 10.2. The zero-order chi connectivity index (χ0) is 22.2. The number of carbonyl (C=O) groups is 3. The number of carbonyl (C=O) groups excluding carboxylic acids is 3. The minimum absolute atomic E-state index is 0.177. The van der Waals surface area contributed by atoms with Gasteiger partial charge in [0.1, 0.15) is 0 Å². The van der Waals surface area contributed by atoms with Crippen molar-refractivity contribution in [1.29, 1.82) is 0 Å². The summed E-state index contributed by atoms with van der Waals surface area (Å²) in [6.07, 6.45) is 0.661. The molecule has 0 spiro atoms. The number of hydrogen-bond donors (Lipinski definition) is 2. The first-order valence-corrected chi connectivity index (χ1v) is 10.8. The lowest BCUT2D eigenvalue weighted by Gasteiger charge is -2.06. The van der Waals surface area contributed by atoms with Gasteiger partial charge in [-0.3, -0.25) is 14.9 Å². The second kappa shape index (κ2) is 10.7. The third kappa shape index (κ3) is 6.63. The molecule has 0 aliphatic carbocycles. The van der Waals surface area contributed by atoms with Crippen LogP contribution in [0.2, 0.25) is 5.02 Å². The topological polar surface area (TPSA) is 97.4 Å². The van der Waals surface area contributed by atoms with E-state index in [9.17, 15) is 14.4 Å². The number of amides is 2. The third-order valence-electron chi connectivity index (χ3n) is 4.17. The van der Waals surface area contributed by atoms with Crippen LogP contribution in [0.5, 0.6) is 0 Å². The van der Waals surface area contributed by atoms with Gasteiger partial charge in [0, 0.05) is 28.1 Å². The summed E-state index contributed by atoms with van der Waals surface area (Å²) in [6, 6.07) is 13.1. The zero-order valence-electron chi connectivity index (χ0n) is 16.7. The number of rotatable bonds is 8. The quantitative estimate of drug-likeness (QED) is 0.473. The lowest BCUT2D eigenvalue weighted by Crippen LogP contribution is -2.13. The van der Waals surface area contributed by atoms with Gasteiger partial charge in [-0.05, 0) is 61.9 Å². The maximum atomic E-state index is 12.2. The molecule has 7 nitrogen and oxygen atoms in total. The first kappa shape index (κ1) is 22.5. The van der Waals surface area contributed by atoms with Gasteiger partial charge in [-0.1, -0.05) is 11.6 Å². The Kier molecular flexibility index (Phi) is 7.75. The predicted octanol–water partition coefficient (Wildman–Crippen LogP) is 4.80. The van der Waals surface area contributed by atoms with Gasteiger partial charge in [-0.2, -0.15) is 0 Å². The van der Waals surface area contributed by atoms with Crippen LogP contribution in [0.25, 0.3) is 0 Å². The van der Waals surface area contributed by atoms with Crippen LogP contribution in [0.1, 0.15) is 39.8 Å². The normalized spacial score (nSPS) is 10.4. The van der Waals surface area contributed by atoms with Crippen LogP contribution in [0.15, 0.2) is 53.9 Å². The van der Waals surface area contributed by atoms with E-state index in [4.69, 9.17) is 16.3 Å². The van der Waals surface area contributed by atoms with Crippen LogP contribution >= 0.6 is 22.9 Å². The van der Waals surface area contributed by atoms with E-state index in [0.717, 1.165) is 0 Å². The van der Waals surface area contributed by atoms with Crippen molar-refractivity contribution in [3.05, 3.63) is 75.8 Å². The molecule has 160 valence electrons. The summed E-state index contributed by atoms with van der Waals surface area (Å²) in [4.78, 5) is 40.4. The van der Waals surface area contributed by atoms with Gasteiger partial charge in [0.15, 0.2) is 5.13 Å². The third-order valence-corrected chi connectivity index (χ3v) is 5.23. The number of aryl methyl sites for hydroxylation is 1. The van der Waals surface area contributed by atoms with Crippen LogP contribution in [0, 0.1) is 0 Å². The molecule has 31 heavy (non-hydrogen) atoms. The summed E-state index contributed by atoms with van der Waals surface area (Å²) >= 11 is 7.12. The first-order valence-electron chi connectivity index (χ1n) is 9.53. The Hall–Kier alpha value is -3.23. The number of nitrogens with one attached hydrogen (secondary N) is 2. The highest BCUT2D eigenvalue weighted by atomic mass is 35.5. The molecule has 3 aromatic rings. The van der Waals surface area contributed by atoms with E-state index in [-0.39, 0.29) is 18.2 Å². The van der Waals surface area contributed by atoms with Crippen molar-refractivity contribution in [2.24, 2.45) is 0 Å². The average molecular weight is 458 g/mol. The lowest BCUT2D eigenvalue weighted by molar-refractivity contribution is -0.116. The minimum Gasteiger partial charge on any atom is -0.462 e. The van der Waals surface area contributed by atoms with Crippen LogP contribution in [-0.4, -0.2) is 29.4 Å². The van der Waals surface area contributed by atoms with Crippen LogP contribution in [0.3, 0.4) is 0 Å². The van der Waals surface area contributed by atoms with E-state index in [2.05, 4.69) is 15.6 Å². The Morgan fingerprint density at radius 2 is 1.68 bits per heavy atom. The molecule has 1 heterocycles. The number of ether oxygens (including phenoxy) is 1. The number of nitrogens with zero attached hydrogens (tertiary/aromatic N) is 1. The molecule has 2 aromatic carbocycles. The molecule has 2 amide bonds. The summed E-state index contributed by atoms with van der Waals surface area (Å²) in [6.45, 7) is 2.05. The molecule has 0 atom stereocenters. The van der Waals surface area contributed by atoms with Crippen molar-refractivity contribution in [3.8, 4) is 0 Å². The summed E-state index contributed by atoms with van der Waals surface area (Å²) in [5.74, 6) is -0.854. The number of thiazole rings is 1. The van der Waals surface area contributed by atoms with Crippen molar-refractivity contribution in [2.45, 2.75) is 19.8 Å². The van der Waals surface area contributed by atoms with Gasteiger partial charge < -0.3 is 10.1 Å².